The van der Waals surface area contributed by atoms with Crippen molar-refractivity contribution >= 4 is 29.1 Å². The maximum absolute atomic E-state index is 11.8. The molecule has 0 amide bonds. The highest BCUT2D eigenvalue weighted by atomic mass is 35.5. The van der Waals surface area contributed by atoms with Gasteiger partial charge in [-0.25, -0.2) is 0 Å². The van der Waals surface area contributed by atoms with E-state index in [-0.39, 0.29) is 5.78 Å². The van der Waals surface area contributed by atoms with Crippen molar-refractivity contribution in [2.75, 3.05) is 13.2 Å². The van der Waals surface area contributed by atoms with Gasteiger partial charge in [0.15, 0.2) is 5.82 Å². The summed E-state index contributed by atoms with van der Waals surface area (Å²) in [5.74, 6) is 1.18. The normalized spacial score (nSPS) is 18.9. The Bertz CT molecular complexity index is 629. The molecule has 2 heterocycles. The van der Waals surface area contributed by atoms with Crippen molar-refractivity contribution in [1.29, 1.82) is 0 Å². The van der Waals surface area contributed by atoms with Gasteiger partial charge in [0.05, 0.1) is 19.0 Å². The predicted molar refractivity (Wildman–Crippen MR) is 78.5 cm³/mol. The van der Waals surface area contributed by atoms with Crippen molar-refractivity contribution < 1.29 is 14.1 Å². The van der Waals surface area contributed by atoms with Gasteiger partial charge in [0, 0.05) is 16.3 Å². The Labute approximate surface area is 131 Å². The van der Waals surface area contributed by atoms with Gasteiger partial charge in [0.1, 0.15) is 11.7 Å². The number of hydrogen-bond acceptors (Lipinski definition) is 6. The number of nitrogens with zero attached hydrogens (tertiary/aromatic N) is 2. The van der Waals surface area contributed by atoms with Crippen LogP contribution in [0.2, 0.25) is 5.02 Å². The molecule has 0 saturated carbocycles. The van der Waals surface area contributed by atoms with E-state index >= 15 is 0 Å². The Morgan fingerprint density at radius 1 is 1.33 bits per heavy atom. The van der Waals surface area contributed by atoms with E-state index in [1.165, 1.54) is 0 Å². The van der Waals surface area contributed by atoms with Crippen LogP contribution in [-0.4, -0.2) is 29.1 Å². The van der Waals surface area contributed by atoms with E-state index in [2.05, 4.69) is 10.1 Å². The van der Waals surface area contributed by atoms with Crippen LogP contribution >= 0.6 is 23.4 Å². The van der Waals surface area contributed by atoms with E-state index in [1.807, 2.05) is 24.3 Å². The Morgan fingerprint density at radius 3 is 2.90 bits per heavy atom. The minimum atomic E-state index is -0.416. The van der Waals surface area contributed by atoms with Gasteiger partial charge < -0.3 is 9.26 Å². The summed E-state index contributed by atoms with van der Waals surface area (Å²) in [5, 5.41) is 4.62. The third-order valence-corrected chi connectivity index (χ3v) is 4.39. The van der Waals surface area contributed by atoms with E-state index in [4.69, 9.17) is 20.9 Å². The number of hydrogen-bond donors (Lipinski definition) is 0. The highest BCUT2D eigenvalue weighted by Crippen LogP contribution is 2.25. The first-order valence-electron chi connectivity index (χ1n) is 6.53. The van der Waals surface area contributed by atoms with E-state index in [0.29, 0.717) is 42.1 Å². The lowest BCUT2D eigenvalue weighted by atomic mass is 10.0. The van der Waals surface area contributed by atoms with Gasteiger partial charge in [-0.2, -0.15) is 4.98 Å². The number of carbonyl (C=O) groups excluding carboxylic acids is 1. The topological polar surface area (TPSA) is 65.2 Å². The van der Waals surface area contributed by atoms with Gasteiger partial charge in [-0.05, 0) is 24.3 Å². The van der Waals surface area contributed by atoms with Crippen LogP contribution in [0.25, 0.3) is 0 Å². The molecule has 3 rings (SSSR count). The zero-order chi connectivity index (χ0) is 14.7. The summed E-state index contributed by atoms with van der Waals surface area (Å²) in [6.07, 6.45) is 0.405. The van der Waals surface area contributed by atoms with Gasteiger partial charge in [0.2, 0.25) is 5.89 Å². The molecule has 110 valence electrons. The summed E-state index contributed by atoms with van der Waals surface area (Å²) in [5.41, 5.74) is 0. The van der Waals surface area contributed by atoms with E-state index in [1.54, 1.807) is 11.8 Å². The van der Waals surface area contributed by atoms with Gasteiger partial charge in [-0.1, -0.05) is 16.8 Å². The molecule has 1 fully saturated rings. The summed E-state index contributed by atoms with van der Waals surface area (Å²) in [6, 6.07) is 7.55. The number of rotatable bonds is 4. The average Bonchev–Trinajstić information content (AvgIpc) is 2.96. The average molecular weight is 325 g/mol. The summed E-state index contributed by atoms with van der Waals surface area (Å²) in [6.45, 7) is 0.799. The fraction of sp³-hybridized carbons (Fsp3) is 0.357. The summed E-state index contributed by atoms with van der Waals surface area (Å²) >= 11 is 7.42. The Balaban J connectivity index is 1.62. The standard InChI is InChI=1S/C14H13ClN2O3S/c15-9-1-3-10(4-2-9)21-8-13-16-14(20-17-13)11-7-19-6-5-12(11)18/h1-4,11H,5-8H2. The van der Waals surface area contributed by atoms with Crippen LogP contribution in [0.15, 0.2) is 33.7 Å². The van der Waals surface area contributed by atoms with Crippen molar-refractivity contribution in [1.82, 2.24) is 10.1 Å². The zero-order valence-corrected chi connectivity index (χ0v) is 12.7. The Morgan fingerprint density at radius 2 is 2.14 bits per heavy atom. The molecule has 7 heteroatoms. The molecule has 0 radical (unpaired) electrons. The highest BCUT2D eigenvalue weighted by molar-refractivity contribution is 7.98. The largest absolute Gasteiger partial charge is 0.380 e. The lowest BCUT2D eigenvalue weighted by molar-refractivity contribution is -0.127. The first-order chi connectivity index (χ1) is 10.2. The maximum Gasteiger partial charge on any atom is 0.239 e. The monoisotopic (exact) mass is 324 g/mol. The molecule has 1 aromatic carbocycles. The predicted octanol–water partition coefficient (Wildman–Crippen LogP) is 3.09. The lowest BCUT2D eigenvalue weighted by Gasteiger charge is -2.16. The number of carbonyl (C=O) groups is 1. The van der Waals surface area contributed by atoms with Gasteiger partial charge in [-0.3, -0.25) is 4.79 Å². The quantitative estimate of drug-likeness (QED) is 0.805. The summed E-state index contributed by atoms with van der Waals surface area (Å²) < 4.78 is 10.5. The fourth-order valence-electron chi connectivity index (χ4n) is 2.00. The smallest absolute Gasteiger partial charge is 0.239 e. The second-order valence-corrected chi connectivity index (χ2v) is 6.12. The maximum atomic E-state index is 11.8. The van der Waals surface area contributed by atoms with Crippen LogP contribution < -0.4 is 0 Å². The van der Waals surface area contributed by atoms with E-state index < -0.39 is 5.92 Å². The Hall–Kier alpha value is -1.37. The van der Waals surface area contributed by atoms with Crippen molar-refractivity contribution in [3.05, 3.63) is 41.0 Å². The molecule has 5 nitrogen and oxygen atoms in total. The van der Waals surface area contributed by atoms with Gasteiger partial charge >= 0.3 is 0 Å². The molecule has 0 bridgehead atoms. The molecule has 1 unspecified atom stereocenters. The van der Waals surface area contributed by atoms with E-state index in [0.717, 1.165) is 4.90 Å². The number of thioether (sulfide) groups is 1. The van der Waals surface area contributed by atoms with Crippen LogP contribution in [0.4, 0.5) is 0 Å². The number of ketones is 1. The number of benzene rings is 1. The van der Waals surface area contributed by atoms with Crippen molar-refractivity contribution in [3.63, 3.8) is 0 Å². The first-order valence-corrected chi connectivity index (χ1v) is 7.90. The second kappa shape index (κ2) is 6.60. The number of Topliss-reactive ketones (excluding diaryl/α,β-unsaturated/α-hetero) is 1. The molecule has 1 aromatic heterocycles. The number of ether oxygens (including phenoxy) is 1. The summed E-state index contributed by atoms with van der Waals surface area (Å²) in [4.78, 5) is 17.2. The second-order valence-electron chi connectivity index (χ2n) is 4.64. The van der Waals surface area contributed by atoms with Gasteiger partial charge in [-0.15, -0.1) is 11.8 Å². The summed E-state index contributed by atoms with van der Waals surface area (Å²) in [7, 11) is 0. The molecule has 21 heavy (non-hydrogen) atoms. The molecule has 0 N–H and O–H groups in total. The lowest BCUT2D eigenvalue weighted by Crippen LogP contribution is -2.25. The fourth-order valence-corrected chi connectivity index (χ4v) is 2.86. The van der Waals surface area contributed by atoms with Crippen LogP contribution in [-0.2, 0) is 15.3 Å². The van der Waals surface area contributed by atoms with Crippen LogP contribution in [0.1, 0.15) is 24.1 Å². The van der Waals surface area contributed by atoms with Crippen molar-refractivity contribution in [3.8, 4) is 0 Å². The van der Waals surface area contributed by atoms with Crippen LogP contribution in [0.5, 0.6) is 0 Å². The molecule has 1 atom stereocenters. The van der Waals surface area contributed by atoms with Crippen LogP contribution in [0, 0.1) is 0 Å². The molecule has 1 aliphatic heterocycles. The molecule has 0 spiro atoms. The van der Waals surface area contributed by atoms with Crippen molar-refractivity contribution in [2.24, 2.45) is 0 Å². The molecule has 1 aliphatic rings. The number of aromatic nitrogens is 2. The van der Waals surface area contributed by atoms with E-state index in [9.17, 15) is 4.79 Å². The zero-order valence-electron chi connectivity index (χ0n) is 11.1. The Kier molecular flexibility index (Phi) is 4.57. The third-order valence-electron chi connectivity index (χ3n) is 3.13. The minimum absolute atomic E-state index is 0.0989. The first kappa shape index (κ1) is 14.6. The molecule has 0 aliphatic carbocycles. The highest BCUT2D eigenvalue weighted by Gasteiger charge is 2.29. The minimum Gasteiger partial charge on any atom is -0.380 e. The molecular weight excluding hydrogens is 312 g/mol. The number of halogens is 1. The van der Waals surface area contributed by atoms with Crippen LogP contribution in [0.3, 0.4) is 0 Å². The molecular formula is C14H13ClN2O3S. The molecule has 1 saturated heterocycles. The SMILES string of the molecule is O=C1CCOCC1c1nc(CSc2ccc(Cl)cc2)no1. The van der Waals surface area contributed by atoms with Crippen molar-refractivity contribution in [2.45, 2.75) is 23.0 Å². The van der Waals surface area contributed by atoms with Gasteiger partial charge in [0.25, 0.3) is 0 Å². The molecule has 2 aromatic rings. The third kappa shape index (κ3) is 3.64.